The molecule has 1 aliphatic carbocycles. The minimum Gasteiger partial charge on any atom is -0.459 e. The van der Waals surface area contributed by atoms with Crippen molar-refractivity contribution in [3.05, 3.63) is 24.2 Å². The molecule has 0 aromatic carbocycles. The van der Waals surface area contributed by atoms with E-state index in [1.54, 1.807) is 17.0 Å². The molecule has 1 saturated carbocycles. The van der Waals surface area contributed by atoms with Crippen LogP contribution in [0.15, 0.2) is 22.8 Å². The van der Waals surface area contributed by atoms with E-state index in [2.05, 4.69) is 5.32 Å². The number of ketones is 1. The highest BCUT2D eigenvalue weighted by Gasteiger charge is 2.46. The van der Waals surface area contributed by atoms with E-state index in [9.17, 15) is 14.4 Å². The highest BCUT2D eigenvalue weighted by molar-refractivity contribution is 5.97. The molecule has 3 fully saturated rings. The van der Waals surface area contributed by atoms with Gasteiger partial charge in [-0.25, -0.2) is 0 Å². The Bertz CT molecular complexity index is 695. The van der Waals surface area contributed by atoms with Gasteiger partial charge < -0.3 is 19.4 Å². The Morgan fingerprint density at radius 2 is 2.04 bits per heavy atom. The SMILES string of the molecule is O=C(NC(CC1CCCC1)C(=O)N1CCCC2OCC(=O)C21)c1ccco1. The summed E-state index contributed by atoms with van der Waals surface area (Å²) >= 11 is 0. The van der Waals surface area contributed by atoms with Crippen LogP contribution in [0.5, 0.6) is 0 Å². The first kappa shape index (κ1) is 18.2. The van der Waals surface area contributed by atoms with Crippen LogP contribution in [-0.4, -0.2) is 53.8 Å². The molecule has 1 aromatic rings. The van der Waals surface area contributed by atoms with Crippen molar-refractivity contribution in [2.24, 2.45) is 5.92 Å². The average molecular weight is 374 g/mol. The lowest BCUT2D eigenvalue weighted by Gasteiger charge is -2.38. The highest BCUT2D eigenvalue weighted by Crippen LogP contribution is 2.31. The van der Waals surface area contributed by atoms with Gasteiger partial charge in [-0.2, -0.15) is 0 Å². The molecule has 2 aliphatic heterocycles. The third-order valence-electron chi connectivity index (χ3n) is 6.02. The van der Waals surface area contributed by atoms with Crippen LogP contribution < -0.4 is 5.32 Å². The summed E-state index contributed by atoms with van der Waals surface area (Å²) in [4.78, 5) is 39.8. The molecule has 2 amide bonds. The van der Waals surface area contributed by atoms with Gasteiger partial charge in [0.2, 0.25) is 5.91 Å². The number of furan rings is 1. The number of carbonyl (C=O) groups is 3. The van der Waals surface area contributed by atoms with Crippen LogP contribution in [0.25, 0.3) is 0 Å². The van der Waals surface area contributed by atoms with Crippen molar-refractivity contribution in [3.8, 4) is 0 Å². The maximum absolute atomic E-state index is 13.4. The number of piperidine rings is 1. The molecule has 1 aromatic heterocycles. The second-order valence-corrected chi connectivity index (χ2v) is 7.82. The lowest BCUT2D eigenvalue weighted by Crippen LogP contribution is -2.58. The van der Waals surface area contributed by atoms with Crippen LogP contribution in [0.4, 0.5) is 0 Å². The number of nitrogens with one attached hydrogen (secondary N) is 1. The lowest BCUT2D eigenvalue weighted by atomic mass is 9.93. The molecule has 1 N–H and O–H groups in total. The van der Waals surface area contributed by atoms with Crippen molar-refractivity contribution in [1.29, 1.82) is 0 Å². The molecule has 3 aliphatic rings. The summed E-state index contributed by atoms with van der Waals surface area (Å²) < 4.78 is 10.7. The molecule has 7 heteroatoms. The molecule has 7 nitrogen and oxygen atoms in total. The molecule has 4 rings (SSSR count). The standard InChI is InChI=1S/C20H26N2O5/c23-15-12-27-16-7-3-9-22(18(15)16)20(25)14(11-13-5-1-2-6-13)21-19(24)17-8-4-10-26-17/h4,8,10,13-14,16,18H,1-3,5-7,9,11-12H2,(H,21,24). The van der Waals surface area contributed by atoms with Crippen molar-refractivity contribution in [3.63, 3.8) is 0 Å². The highest BCUT2D eigenvalue weighted by atomic mass is 16.5. The van der Waals surface area contributed by atoms with Crippen LogP contribution in [0.1, 0.15) is 55.5 Å². The number of rotatable bonds is 5. The van der Waals surface area contributed by atoms with Gasteiger partial charge in [0.25, 0.3) is 5.91 Å². The predicted molar refractivity (Wildman–Crippen MR) is 96.0 cm³/mol. The Morgan fingerprint density at radius 3 is 2.78 bits per heavy atom. The summed E-state index contributed by atoms with van der Waals surface area (Å²) in [6.07, 6.45) is 7.93. The number of carbonyl (C=O) groups excluding carboxylic acids is 3. The number of likely N-dealkylation sites (tertiary alicyclic amines) is 1. The second-order valence-electron chi connectivity index (χ2n) is 7.82. The van der Waals surface area contributed by atoms with Gasteiger partial charge in [0.05, 0.1) is 12.4 Å². The average Bonchev–Trinajstić information content (AvgIpc) is 3.43. The van der Waals surface area contributed by atoms with Crippen molar-refractivity contribution in [2.45, 2.75) is 63.1 Å². The molecule has 27 heavy (non-hydrogen) atoms. The van der Waals surface area contributed by atoms with Gasteiger partial charge in [-0.1, -0.05) is 25.7 Å². The molecular weight excluding hydrogens is 348 g/mol. The van der Waals surface area contributed by atoms with Gasteiger partial charge >= 0.3 is 0 Å². The van der Waals surface area contributed by atoms with Crippen molar-refractivity contribution < 1.29 is 23.5 Å². The number of fused-ring (bicyclic) bond motifs is 1. The second kappa shape index (κ2) is 7.84. The fourth-order valence-electron chi connectivity index (χ4n) is 4.68. The Hall–Kier alpha value is -2.15. The molecule has 0 radical (unpaired) electrons. The number of amides is 2. The van der Waals surface area contributed by atoms with E-state index in [0.29, 0.717) is 18.9 Å². The van der Waals surface area contributed by atoms with Crippen LogP contribution in [0.3, 0.4) is 0 Å². The number of Topliss-reactive ketones (excluding diaryl/α,β-unsaturated/α-hetero) is 1. The van der Waals surface area contributed by atoms with Crippen molar-refractivity contribution in [1.82, 2.24) is 10.2 Å². The molecule has 146 valence electrons. The van der Waals surface area contributed by atoms with E-state index < -0.39 is 12.1 Å². The smallest absolute Gasteiger partial charge is 0.287 e. The normalized spacial score (nSPS) is 26.8. The van der Waals surface area contributed by atoms with E-state index in [1.807, 2.05) is 0 Å². The van der Waals surface area contributed by atoms with Crippen LogP contribution in [0, 0.1) is 5.92 Å². The number of hydrogen-bond donors (Lipinski definition) is 1. The molecule has 2 saturated heterocycles. The van der Waals surface area contributed by atoms with E-state index in [-0.39, 0.29) is 36.1 Å². The third kappa shape index (κ3) is 3.78. The summed E-state index contributed by atoms with van der Waals surface area (Å²) in [5.41, 5.74) is 0. The summed E-state index contributed by atoms with van der Waals surface area (Å²) in [5, 5.41) is 2.86. The maximum atomic E-state index is 13.4. The van der Waals surface area contributed by atoms with Crippen LogP contribution in [0.2, 0.25) is 0 Å². The predicted octanol–water partition coefficient (Wildman–Crippen LogP) is 1.92. The van der Waals surface area contributed by atoms with Crippen LogP contribution in [-0.2, 0) is 14.3 Å². The van der Waals surface area contributed by atoms with Crippen molar-refractivity contribution in [2.75, 3.05) is 13.2 Å². The zero-order valence-electron chi connectivity index (χ0n) is 15.4. The molecule has 0 spiro atoms. The first-order valence-electron chi connectivity index (χ1n) is 9.92. The van der Waals surface area contributed by atoms with E-state index in [1.165, 1.54) is 19.1 Å². The third-order valence-corrected chi connectivity index (χ3v) is 6.02. The minimum atomic E-state index is -0.641. The largest absolute Gasteiger partial charge is 0.459 e. The van der Waals surface area contributed by atoms with E-state index >= 15 is 0 Å². The van der Waals surface area contributed by atoms with Gasteiger partial charge in [-0.3, -0.25) is 14.4 Å². The molecular formula is C20H26N2O5. The summed E-state index contributed by atoms with van der Waals surface area (Å²) in [6.45, 7) is 0.609. The van der Waals surface area contributed by atoms with E-state index in [4.69, 9.17) is 9.15 Å². The summed E-state index contributed by atoms with van der Waals surface area (Å²) in [6, 6.07) is 2.08. The van der Waals surface area contributed by atoms with Gasteiger partial charge in [0, 0.05) is 6.54 Å². The molecule has 3 heterocycles. The van der Waals surface area contributed by atoms with Crippen LogP contribution >= 0.6 is 0 Å². The first-order valence-corrected chi connectivity index (χ1v) is 9.92. The lowest BCUT2D eigenvalue weighted by molar-refractivity contribution is -0.142. The Kier molecular flexibility index (Phi) is 5.29. The number of hydrogen-bond acceptors (Lipinski definition) is 5. The Morgan fingerprint density at radius 1 is 1.22 bits per heavy atom. The van der Waals surface area contributed by atoms with Gasteiger partial charge in [-0.15, -0.1) is 0 Å². The number of ether oxygens (including phenoxy) is 1. The number of nitrogens with zero attached hydrogens (tertiary/aromatic N) is 1. The fourth-order valence-corrected chi connectivity index (χ4v) is 4.68. The van der Waals surface area contributed by atoms with Gasteiger partial charge in [0.15, 0.2) is 11.5 Å². The summed E-state index contributed by atoms with van der Waals surface area (Å²) in [7, 11) is 0. The fraction of sp³-hybridized carbons (Fsp3) is 0.650. The zero-order valence-corrected chi connectivity index (χ0v) is 15.4. The Labute approximate surface area is 158 Å². The minimum absolute atomic E-state index is 0.0370. The van der Waals surface area contributed by atoms with Gasteiger partial charge in [-0.05, 0) is 37.3 Å². The summed E-state index contributed by atoms with van der Waals surface area (Å²) in [5.74, 6) is 0.0160. The van der Waals surface area contributed by atoms with E-state index in [0.717, 1.165) is 25.7 Å². The monoisotopic (exact) mass is 374 g/mol. The topological polar surface area (TPSA) is 88.9 Å². The Balaban J connectivity index is 1.52. The van der Waals surface area contributed by atoms with Gasteiger partial charge in [0.1, 0.15) is 18.7 Å². The van der Waals surface area contributed by atoms with Crippen molar-refractivity contribution >= 4 is 17.6 Å². The first-order chi connectivity index (χ1) is 13.1. The molecule has 0 bridgehead atoms. The quantitative estimate of drug-likeness (QED) is 0.851. The zero-order chi connectivity index (χ0) is 18.8. The molecule has 3 unspecified atom stereocenters. The molecule has 3 atom stereocenters. The maximum Gasteiger partial charge on any atom is 0.287 e.